The van der Waals surface area contributed by atoms with Gasteiger partial charge in [-0.3, -0.25) is 15.5 Å². The van der Waals surface area contributed by atoms with Crippen LogP contribution in [-0.4, -0.2) is 21.3 Å². The fourth-order valence-electron chi connectivity index (χ4n) is 4.79. The minimum atomic E-state index is -0.516. The molecule has 0 saturated heterocycles. The summed E-state index contributed by atoms with van der Waals surface area (Å²) in [4.78, 5) is 10.7. The number of rotatable bonds is 3. The van der Waals surface area contributed by atoms with Crippen LogP contribution in [0.1, 0.15) is 32.1 Å². The third kappa shape index (κ3) is 2.60. The number of nitrogens with one attached hydrogen (secondary N) is 1. The molecule has 4 aliphatic carbocycles. The molecule has 7 heteroatoms. The number of hydrogen-bond donors (Lipinski definition) is 2. The van der Waals surface area contributed by atoms with E-state index in [4.69, 9.17) is 11.6 Å². The number of benzene rings is 1. The van der Waals surface area contributed by atoms with Crippen LogP contribution in [0.25, 0.3) is 0 Å². The Bertz CT molecular complexity index is 688. The molecule has 0 aliphatic heterocycles. The summed E-state index contributed by atoms with van der Waals surface area (Å²) in [6, 6.07) is 4.40. The van der Waals surface area contributed by atoms with Gasteiger partial charge in [-0.15, -0.1) is 0 Å². The molecular weight excluding hydrogens is 318 g/mol. The molecule has 0 heterocycles. The molecule has 1 aromatic rings. The lowest BCUT2D eigenvalue weighted by Gasteiger charge is -2.54. The van der Waals surface area contributed by atoms with Crippen molar-refractivity contribution >= 4 is 28.7 Å². The molecular formula is C16H18ClN3O3. The van der Waals surface area contributed by atoms with Crippen molar-refractivity contribution in [1.82, 2.24) is 0 Å². The van der Waals surface area contributed by atoms with Crippen molar-refractivity contribution in [2.45, 2.75) is 37.7 Å². The highest BCUT2D eigenvalue weighted by Crippen LogP contribution is 2.54. The number of nitro groups is 1. The van der Waals surface area contributed by atoms with Crippen LogP contribution in [0, 0.1) is 27.9 Å². The monoisotopic (exact) mass is 335 g/mol. The Kier molecular flexibility index (Phi) is 3.35. The predicted octanol–water partition coefficient (Wildman–Crippen LogP) is 3.59. The first-order chi connectivity index (χ1) is 10.9. The van der Waals surface area contributed by atoms with Crippen molar-refractivity contribution in [3.05, 3.63) is 33.3 Å². The molecule has 122 valence electrons. The number of aliphatic hydroxyl groups is 1. The highest BCUT2D eigenvalue weighted by molar-refractivity contribution is 6.31. The van der Waals surface area contributed by atoms with Crippen LogP contribution in [-0.2, 0) is 0 Å². The van der Waals surface area contributed by atoms with Crippen LogP contribution in [0.15, 0.2) is 23.3 Å². The maximum Gasteiger partial charge on any atom is 0.294 e. The minimum absolute atomic E-state index is 0.0406. The quantitative estimate of drug-likeness (QED) is 0.652. The van der Waals surface area contributed by atoms with Crippen LogP contribution in [0.4, 0.5) is 11.4 Å². The van der Waals surface area contributed by atoms with Gasteiger partial charge in [0.05, 0.1) is 10.5 Å². The molecule has 0 aromatic heterocycles. The normalized spacial score (nSPS) is 34.5. The van der Waals surface area contributed by atoms with Crippen molar-refractivity contribution in [2.24, 2.45) is 22.9 Å². The van der Waals surface area contributed by atoms with Gasteiger partial charge in [-0.2, -0.15) is 5.10 Å². The maximum atomic E-state index is 11.1. The molecule has 4 saturated carbocycles. The van der Waals surface area contributed by atoms with E-state index in [1.807, 2.05) is 0 Å². The van der Waals surface area contributed by atoms with Gasteiger partial charge in [0.15, 0.2) is 0 Å². The van der Waals surface area contributed by atoms with Gasteiger partial charge in [0.2, 0.25) is 0 Å². The molecule has 23 heavy (non-hydrogen) atoms. The number of nitro benzene ring substituents is 1. The summed E-state index contributed by atoms with van der Waals surface area (Å²) in [6.45, 7) is 0. The number of hydrazone groups is 1. The largest absolute Gasteiger partial charge is 0.390 e. The van der Waals surface area contributed by atoms with E-state index in [-0.39, 0.29) is 17.5 Å². The highest BCUT2D eigenvalue weighted by atomic mass is 35.5. The topological polar surface area (TPSA) is 87.8 Å². The summed E-state index contributed by atoms with van der Waals surface area (Å²) in [5, 5.41) is 26.6. The molecule has 4 fully saturated rings. The summed E-state index contributed by atoms with van der Waals surface area (Å²) in [5.41, 5.74) is 3.66. The fourth-order valence-corrected chi connectivity index (χ4v) is 4.96. The number of anilines is 1. The molecule has 1 aromatic carbocycles. The van der Waals surface area contributed by atoms with E-state index in [1.165, 1.54) is 18.2 Å². The Morgan fingerprint density at radius 2 is 2.00 bits per heavy atom. The van der Waals surface area contributed by atoms with E-state index in [1.54, 1.807) is 0 Å². The van der Waals surface area contributed by atoms with Gasteiger partial charge in [-0.1, -0.05) is 11.6 Å². The molecule has 0 amide bonds. The number of nitrogens with zero attached hydrogens (tertiary/aromatic N) is 2. The Morgan fingerprint density at radius 1 is 1.30 bits per heavy atom. The smallest absolute Gasteiger partial charge is 0.294 e. The summed E-state index contributed by atoms with van der Waals surface area (Å²) in [5.74, 6) is 1.17. The predicted molar refractivity (Wildman–Crippen MR) is 87.7 cm³/mol. The molecule has 0 spiro atoms. The molecule has 4 aliphatic rings. The highest BCUT2D eigenvalue weighted by Gasteiger charge is 2.53. The molecule has 2 unspecified atom stereocenters. The van der Waals surface area contributed by atoms with Gasteiger partial charge in [0, 0.05) is 28.6 Å². The van der Waals surface area contributed by atoms with Crippen molar-refractivity contribution in [3.63, 3.8) is 0 Å². The van der Waals surface area contributed by atoms with Crippen LogP contribution in [0.3, 0.4) is 0 Å². The van der Waals surface area contributed by atoms with Gasteiger partial charge in [0.1, 0.15) is 5.69 Å². The van der Waals surface area contributed by atoms with E-state index in [2.05, 4.69) is 10.5 Å². The zero-order valence-electron chi connectivity index (χ0n) is 12.5. The second-order valence-electron chi connectivity index (χ2n) is 7.14. The third-order valence-corrected chi connectivity index (χ3v) is 5.69. The molecule has 2 N–H and O–H groups in total. The van der Waals surface area contributed by atoms with Crippen LogP contribution < -0.4 is 5.43 Å². The number of hydrogen-bond acceptors (Lipinski definition) is 5. The zero-order valence-corrected chi connectivity index (χ0v) is 13.3. The van der Waals surface area contributed by atoms with Crippen LogP contribution in [0.5, 0.6) is 0 Å². The molecule has 6 nitrogen and oxygen atoms in total. The van der Waals surface area contributed by atoms with E-state index in [9.17, 15) is 15.2 Å². The summed E-state index contributed by atoms with van der Waals surface area (Å²) < 4.78 is 0. The first-order valence-electron chi connectivity index (χ1n) is 7.93. The molecule has 0 radical (unpaired) electrons. The van der Waals surface area contributed by atoms with Crippen LogP contribution >= 0.6 is 11.6 Å². The minimum Gasteiger partial charge on any atom is -0.390 e. The SMILES string of the molecule is O=[N+]([O-])c1ccc(Cl)cc1NN=C1C2CC3CC1CC(O)(C3)C2. The van der Waals surface area contributed by atoms with E-state index in [0.29, 0.717) is 16.6 Å². The van der Waals surface area contributed by atoms with Gasteiger partial charge in [0.25, 0.3) is 5.69 Å². The third-order valence-electron chi connectivity index (χ3n) is 5.45. The number of halogens is 1. The summed E-state index contributed by atoms with van der Waals surface area (Å²) in [7, 11) is 0. The Morgan fingerprint density at radius 3 is 2.61 bits per heavy atom. The Hall–Kier alpha value is -1.66. The molecule has 2 atom stereocenters. The Labute approximate surface area is 138 Å². The lowest BCUT2D eigenvalue weighted by Crippen LogP contribution is -2.55. The average Bonchev–Trinajstić information content (AvgIpc) is 2.44. The Balaban J connectivity index is 1.61. The first kappa shape index (κ1) is 14.9. The van der Waals surface area contributed by atoms with Crippen molar-refractivity contribution in [1.29, 1.82) is 0 Å². The fraction of sp³-hybridized carbons (Fsp3) is 0.562. The van der Waals surface area contributed by atoms with Gasteiger partial charge in [-0.05, 0) is 50.2 Å². The van der Waals surface area contributed by atoms with Crippen LogP contribution in [0.2, 0.25) is 5.02 Å². The zero-order chi connectivity index (χ0) is 16.2. The van der Waals surface area contributed by atoms with Gasteiger partial charge in [-0.25, -0.2) is 0 Å². The maximum absolute atomic E-state index is 11.1. The standard InChI is InChI=1S/C16H18ClN3O3/c17-12-1-2-14(20(22)23)13(5-12)18-19-15-10-3-9-4-11(15)8-16(21,6-9)7-10/h1-2,5,9-11,18,21H,3-4,6-8H2. The first-order valence-corrected chi connectivity index (χ1v) is 8.31. The van der Waals surface area contributed by atoms with Crippen molar-refractivity contribution in [2.75, 3.05) is 5.43 Å². The van der Waals surface area contributed by atoms with Crippen molar-refractivity contribution in [3.8, 4) is 0 Å². The molecule has 5 rings (SSSR count). The van der Waals surface area contributed by atoms with E-state index >= 15 is 0 Å². The van der Waals surface area contributed by atoms with E-state index in [0.717, 1.165) is 37.8 Å². The summed E-state index contributed by atoms with van der Waals surface area (Å²) in [6.07, 6.45) is 4.57. The second kappa shape index (κ2) is 5.18. The van der Waals surface area contributed by atoms with Gasteiger partial charge >= 0.3 is 0 Å². The lowest BCUT2D eigenvalue weighted by molar-refractivity contribution is -0.384. The van der Waals surface area contributed by atoms with Crippen molar-refractivity contribution < 1.29 is 10.0 Å². The lowest BCUT2D eigenvalue weighted by atomic mass is 9.53. The second-order valence-corrected chi connectivity index (χ2v) is 7.57. The van der Waals surface area contributed by atoms with E-state index < -0.39 is 10.5 Å². The average molecular weight is 336 g/mol. The molecule has 4 bridgehead atoms. The van der Waals surface area contributed by atoms with Gasteiger partial charge < -0.3 is 5.11 Å². The summed E-state index contributed by atoms with van der Waals surface area (Å²) >= 11 is 5.94.